The Bertz CT molecular complexity index is 574. The molecule has 0 aliphatic heterocycles. The van der Waals surface area contributed by atoms with Crippen LogP contribution in [0.15, 0.2) is 42.5 Å². The Balaban J connectivity index is 2.29. The van der Waals surface area contributed by atoms with Crippen molar-refractivity contribution in [2.45, 2.75) is 20.0 Å². The first-order valence-electron chi connectivity index (χ1n) is 6.12. The van der Waals surface area contributed by atoms with Crippen molar-refractivity contribution in [3.8, 4) is 16.9 Å². The van der Waals surface area contributed by atoms with Crippen molar-refractivity contribution in [2.24, 2.45) is 0 Å². The largest absolute Gasteiger partial charge is 0.491 e. The molecule has 19 heavy (non-hydrogen) atoms. The molecule has 0 heterocycles. The molecule has 0 aliphatic rings. The van der Waals surface area contributed by atoms with Crippen molar-refractivity contribution >= 4 is 6.29 Å². The second-order valence-corrected chi connectivity index (χ2v) is 4.55. The van der Waals surface area contributed by atoms with Gasteiger partial charge in [0.25, 0.3) is 0 Å². The Morgan fingerprint density at radius 3 is 2.26 bits per heavy atom. The van der Waals surface area contributed by atoms with Gasteiger partial charge in [0.1, 0.15) is 11.6 Å². The van der Waals surface area contributed by atoms with Crippen LogP contribution in [0.2, 0.25) is 0 Å². The molecular weight excluding hydrogens is 243 g/mol. The summed E-state index contributed by atoms with van der Waals surface area (Å²) in [5, 5.41) is 0. The Hall–Kier alpha value is -2.16. The van der Waals surface area contributed by atoms with Gasteiger partial charge >= 0.3 is 0 Å². The maximum atomic E-state index is 13.2. The Morgan fingerprint density at radius 1 is 1.05 bits per heavy atom. The summed E-state index contributed by atoms with van der Waals surface area (Å²) < 4.78 is 18.8. The van der Waals surface area contributed by atoms with Crippen LogP contribution in [0.25, 0.3) is 11.1 Å². The van der Waals surface area contributed by atoms with Gasteiger partial charge in [-0.05, 0) is 49.2 Å². The maximum absolute atomic E-state index is 13.2. The summed E-state index contributed by atoms with van der Waals surface area (Å²) in [5.74, 6) is 0.287. The number of rotatable bonds is 4. The maximum Gasteiger partial charge on any atom is 0.153 e. The number of ether oxygens (including phenoxy) is 1. The van der Waals surface area contributed by atoms with Crippen molar-refractivity contribution in [3.63, 3.8) is 0 Å². The van der Waals surface area contributed by atoms with Crippen LogP contribution in [0, 0.1) is 5.82 Å². The van der Waals surface area contributed by atoms with E-state index < -0.39 is 5.82 Å². The fourth-order valence-electron chi connectivity index (χ4n) is 1.81. The minimum Gasteiger partial charge on any atom is -0.491 e. The monoisotopic (exact) mass is 258 g/mol. The van der Waals surface area contributed by atoms with Crippen LogP contribution < -0.4 is 4.74 Å². The molecule has 0 aliphatic carbocycles. The first-order chi connectivity index (χ1) is 9.10. The molecule has 0 atom stereocenters. The normalized spacial score (nSPS) is 10.5. The van der Waals surface area contributed by atoms with E-state index in [9.17, 15) is 9.18 Å². The molecule has 0 spiro atoms. The molecule has 0 aromatic heterocycles. The highest BCUT2D eigenvalue weighted by molar-refractivity contribution is 5.79. The van der Waals surface area contributed by atoms with Gasteiger partial charge in [-0.2, -0.15) is 0 Å². The molecule has 0 bridgehead atoms. The van der Waals surface area contributed by atoms with Crippen molar-refractivity contribution < 1.29 is 13.9 Å². The van der Waals surface area contributed by atoms with Crippen LogP contribution in [-0.2, 0) is 0 Å². The Morgan fingerprint density at radius 2 is 1.68 bits per heavy atom. The molecule has 3 heteroatoms. The van der Waals surface area contributed by atoms with Gasteiger partial charge in [-0.3, -0.25) is 4.79 Å². The fraction of sp³-hybridized carbons (Fsp3) is 0.188. The predicted octanol–water partition coefficient (Wildman–Crippen LogP) is 4.09. The fourth-order valence-corrected chi connectivity index (χ4v) is 1.81. The van der Waals surface area contributed by atoms with Gasteiger partial charge in [0, 0.05) is 0 Å². The molecule has 0 N–H and O–H groups in total. The van der Waals surface area contributed by atoms with E-state index in [0.29, 0.717) is 6.29 Å². The average molecular weight is 258 g/mol. The minimum atomic E-state index is -0.501. The van der Waals surface area contributed by atoms with E-state index in [1.165, 1.54) is 6.07 Å². The molecular formula is C16H15FO2. The van der Waals surface area contributed by atoms with E-state index in [2.05, 4.69) is 0 Å². The lowest BCUT2D eigenvalue weighted by Crippen LogP contribution is -2.05. The summed E-state index contributed by atoms with van der Waals surface area (Å²) in [6, 6.07) is 12.0. The zero-order valence-electron chi connectivity index (χ0n) is 10.9. The van der Waals surface area contributed by atoms with Crippen molar-refractivity contribution in [3.05, 3.63) is 53.8 Å². The molecule has 98 valence electrons. The van der Waals surface area contributed by atoms with Crippen LogP contribution >= 0.6 is 0 Å². The van der Waals surface area contributed by atoms with Gasteiger partial charge in [0.15, 0.2) is 6.29 Å². The molecule has 2 rings (SSSR count). The number of carbonyl (C=O) groups excluding carboxylic acids is 1. The van der Waals surface area contributed by atoms with E-state index in [0.717, 1.165) is 16.9 Å². The number of hydrogen-bond acceptors (Lipinski definition) is 2. The van der Waals surface area contributed by atoms with Crippen LogP contribution in [0.1, 0.15) is 24.2 Å². The van der Waals surface area contributed by atoms with Crippen LogP contribution in [0.4, 0.5) is 4.39 Å². The van der Waals surface area contributed by atoms with E-state index in [-0.39, 0.29) is 11.7 Å². The molecule has 0 unspecified atom stereocenters. The summed E-state index contributed by atoms with van der Waals surface area (Å²) in [5.41, 5.74) is 1.79. The molecule has 0 amide bonds. The molecule has 0 radical (unpaired) electrons. The molecule has 2 nitrogen and oxygen atoms in total. The lowest BCUT2D eigenvalue weighted by Gasteiger charge is -2.10. The highest BCUT2D eigenvalue weighted by Gasteiger charge is 2.05. The highest BCUT2D eigenvalue weighted by Crippen LogP contribution is 2.24. The van der Waals surface area contributed by atoms with E-state index in [1.54, 1.807) is 12.1 Å². The van der Waals surface area contributed by atoms with Gasteiger partial charge < -0.3 is 4.74 Å². The van der Waals surface area contributed by atoms with Crippen LogP contribution in [0.5, 0.6) is 5.75 Å². The van der Waals surface area contributed by atoms with Crippen molar-refractivity contribution in [1.82, 2.24) is 0 Å². The van der Waals surface area contributed by atoms with Crippen molar-refractivity contribution in [2.75, 3.05) is 0 Å². The first-order valence-corrected chi connectivity index (χ1v) is 6.12. The average Bonchev–Trinajstić information content (AvgIpc) is 2.40. The van der Waals surface area contributed by atoms with E-state index in [4.69, 9.17) is 4.74 Å². The zero-order valence-corrected chi connectivity index (χ0v) is 10.9. The first kappa shape index (κ1) is 13.3. The predicted molar refractivity (Wildman–Crippen MR) is 73.0 cm³/mol. The molecule has 0 saturated heterocycles. The second-order valence-electron chi connectivity index (χ2n) is 4.55. The van der Waals surface area contributed by atoms with Crippen LogP contribution in [-0.4, -0.2) is 12.4 Å². The number of halogens is 1. The lowest BCUT2D eigenvalue weighted by molar-refractivity contribution is 0.112. The van der Waals surface area contributed by atoms with Crippen LogP contribution in [0.3, 0.4) is 0 Å². The summed E-state index contributed by atoms with van der Waals surface area (Å²) >= 11 is 0. The topological polar surface area (TPSA) is 26.3 Å². The highest BCUT2D eigenvalue weighted by atomic mass is 19.1. The molecule has 0 saturated carbocycles. The summed E-state index contributed by atoms with van der Waals surface area (Å²) in [6.07, 6.45) is 0.646. The lowest BCUT2D eigenvalue weighted by atomic mass is 10.0. The number of benzene rings is 2. The third-order valence-electron chi connectivity index (χ3n) is 2.68. The standard InChI is InChI=1S/C16H15FO2/c1-11(2)19-15-6-3-12(4-7-15)13-5-8-16(17)14(9-13)10-18/h3-11H,1-2H3. The SMILES string of the molecule is CC(C)Oc1ccc(-c2ccc(F)c(C=O)c2)cc1. The Labute approximate surface area is 111 Å². The van der Waals surface area contributed by atoms with Gasteiger partial charge in [0.05, 0.1) is 11.7 Å². The zero-order chi connectivity index (χ0) is 13.8. The molecule has 2 aromatic carbocycles. The number of carbonyl (C=O) groups is 1. The minimum absolute atomic E-state index is 0.0695. The van der Waals surface area contributed by atoms with Gasteiger partial charge in [-0.25, -0.2) is 4.39 Å². The van der Waals surface area contributed by atoms with Gasteiger partial charge in [0.2, 0.25) is 0 Å². The summed E-state index contributed by atoms with van der Waals surface area (Å²) in [4.78, 5) is 10.7. The molecule has 2 aromatic rings. The quantitative estimate of drug-likeness (QED) is 0.772. The second kappa shape index (κ2) is 5.65. The van der Waals surface area contributed by atoms with Crippen molar-refractivity contribution in [1.29, 1.82) is 0 Å². The van der Waals surface area contributed by atoms with E-state index >= 15 is 0 Å². The summed E-state index contributed by atoms with van der Waals surface area (Å²) in [7, 11) is 0. The van der Waals surface area contributed by atoms with E-state index in [1.807, 2.05) is 38.1 Å². The van der Waals surface area contributed by atoms with Gasteiger partial charge in [-0.15, -0.1) is 0 Å². The summed E-state index contributed by atoms with van der Waals surface area (Å²) in [6.45, 7) is 3.93. The smallest absolute Gasteiger partial charge is 0.153 e. The third-order valence-corrected chi connectivity index (χ3v) is 2.68. The third kappa shape index (κ3) is 3.19. The number of aldehydes is 1. The van der Waals surface area contributed by atoms with Gasteiger partial charge in [-0.1, -0.05) is 18.2 Å². The number of hydrogen-bond donors (Lipinski definition) is 0. The molecule has 0 fully saturated rings. The Kier molecular flexibility index (Phi) is 3.95.